The Kier molecular flexibility index (Phi) is 13.9. The van der Waals surface area contributed by atoms with Gasteiger partial charge >= 0.3 is 0 Å². The van der Waals surface area contributed by atoms with Gasteiger partial charge in [-0.2, -0.15) is 0 Å². The van der Waals surface area contributed by atoms with Crippen LogP contribution in [0.5, 0.6) is 17.2 Å². The van der Waals surface area contributed by atoms with Crippen LogP contribution >= 0.6 is 0 Å². The second kappa shape index (κ2) is 18.5. The quantitative estimate of drug-likeness (QED) is 0.0767. The van der Waals surface area contributed by atoms with Gasteiger partial charge in [-0.3, -0.25) is 14.5 Å². The minimum absolute atomic E-state index is 0.0167. The number of piperazine rings is 1. The highest BCUT2D eigenvalue weighted by molar-refractivity contribution is 6.07. The Balaban J connectivity index is 1.35. The van der Waals surface area contributed by atoms with Crippen LogP contribution in [-0.4, -0.2) is 93.0 Å². The van der Waals surface area contributed by atoms with Crippen molar-refractivity contribution in [3.05, 3.63) is 88.2 Å². The Morgan fingerprint density at radius 3 is 2.04 bits per heavy atom. The summed E-state index contributed by atoms with van der Waals surface area (Å²) in [6, 6.07) is 13.5. The summed E-state index contributed by atoms with van der Waals surface area (Å²) in [4.78, 5) is 31.6. The lowest BCUT2D eigenvalue weighted by Gasteiger charge is -2.41. The summed E-state index contributed by atoms with van der Waals surface area (Å²) < 4.78 is 49.2. The molecule has 1 saturated heterocycles. The minimum Gasteiger partial charge on any atom is -0.494 e. The Morgan fingerprint density at radius 2 is 1.42 bits per heavy atom. The highest BCUT2D eigenvalue weighted by Crippen LogP contribution is 2.30. The van der Waals surface area contributed by atoms with Gasteiger partial charge in [0.05, 0.1) is 57.7 Å². The predicted molar refractivity (Wildman–Crippen MR) is 207 cm³/mol. The number of hydrogen-bond acceptors (Lipinski definition) is 6. The summed E-state index contributed by atoms with van der Waals surface area (Å²) in [6.07, 6.45) is 8.37. The van der Waals surface area contributed by atoms with Gasteiger partial charge < -0.3 is 28.2 Å². The number of fused-ring (bicyclic) bond motifs is 1. The predicted octanol–water partition coefficient (Wildman–Crippen LogP) is 7.84. The van der Waals surface area contributed by atoms with E-state index in [-0.39, 0.29) is 23.2 Å². The fourth-order valence-corrected chi connectivity index (χ4v) is 7.00. The first-order valence-electron chi connectivity index (χ1n) is 19.1. The van der Waals surface area contributed by atoms with Crippen molar-refractivity contribution < 1.29 is 32.3 Å². The first-order chi connectivity index (χ1) is 25.5. The van der Waals surface area contributed by atoms with E-state index in [1.807, 2.05) is 26.0 Å². The molecule has 3 aromatic carbocycles. The Hall–Kier alpha value is -4.48. The molecular formula is C42H55F2N4O5+. The molecule has 5 rings (SSSR count). The maximum absolute atomic E-state index is 14.2. The Bertz CT molecular complexity index is 1860. The number of anilines is 1. The van der Waals surface area contributed by atoms with Crippen molar-refractivity contribution in [1.29, 1.82) is 0 Å². The summed E-state index contributed by atoms with van der Waals surface area (Å²) in [5.41, 5.74) is 0.480. The van der Waals surface area contributed by atoms with Gasteiger partial charge in [0.25, 0.3) is 5.91 Å². The molecule has 9 nitrogen and oxygen atoms in total. The monoisotopic (exact) mass is 733 g/mol. The third kappa shape index (κ3) is 10.4. The van der Waals surface area contributed by atoms with E-state index in [0.717, 1.165) is 31.0 Å². The van der Waals surface area contributed by atoms with E-state index < -0.39 is 23.0 Å². The topological polar surface area (TPSA) is 73.2 Å². The zero-order valence-corrected chi connectivity index (χ0v) is 32.0. The molecule has 1 aromatic heterocycles. The van der Waals surface area contributed by atoms with Crippen LogP contribution in [0, 0.1) is 11.6 Å². The van der Waals surface area contributed by atoms with Gasteiger partial charge in [0, 0.05) is 67.2 Å². The van der Waals surface area contributed by atoms with Crippen LogP contribution in [0.25, 0.3) is 16.6 Å². The minimum atomic E-state index is -0.821. The molecule has 0 bridgehead atoms. The molecule has 0 spiro atoms. The zero-order chi connectivity index (χ0) is 38.0. The number of benzene rings is 3. The standard InChI is InChI=1S/C42H55F2N4O5/c1-6-46(33-24-31(43)23-32(44)25-33)42(50)39-30-47(34-26-36(51-7-2)28-37(27-34)52-8-3)40-29-35(15-16-38(40)41(39)49)53-22-14-12-10-9-11-13-19-48(5)20-17-45(4)18-21-48/h15-16,23-30H,6-14,17-22H2,1-5H3/q+1. The van der Waals surface area contributed by atoms with Gasteiger partial charge in [0.2, 0.25) is 5.43 Å². The number of aromatic nitrogens is 1. The number of unbranched alkanes of at least 4 members (excludes halogenated alkanes) is 5. The van der Waals surface area contributed by atoms with Crippen LogP contribution in [0.4, 0.5) is 14.5 Å². The number of halogens is 2. The number of amides is 1. The van der Waals surface area contributed by atoms with Crippen molar-refractivity contribution >= 4 is 22.5 Å². The summed E-state index contributed by atoms with van der Waals surface area (Å²) in [5.74, 6) is -0.608. The van der Waals surface area contributed by atoms with Crippen LogP contribution in [0.15, 0.2) is 65.6 Å². The molecule has 0 aliphatic carbocycles. The van der Waals surface area contributed by atoms with Crippen molar-refractivity contribution in [2.75, 3.05) is 78.1 Å². The molecule has 1 aliphatic heterocycles. The number of nitrogens with zero attached hydrogens (tertiary/aromatic N) is 4. The van der Waals surface area contributed by atoms with Gasteiger partial charge in [-0.05, 0) is 71.3 Å². The van der Waals surface area contributed by atoms with E-state index in [2.05, 4.69) is 19.0 Å². The van der Waals surface area contributed by atoms with Crippen molar-refractivity contribution in [2.24, 2.45) is 0 Å². The molecule has 2 heterocycles. The van der Waals surface area contributed by atoms with Crippen molar-refractivity contribution in [3.63, 3.8) is 0 Å². The van der Waals surface area contributed by atoms with Crippen molar-refractivity contribution in [3.8, 4) is 22.9 Å². The Labute approximate surface area is 312 Å². The van der Waals surface area contributed by atoms with E-state index >= 15 is 0 Å². The van der Waals surface area contributed by atoms with Crippen LogP contribution in [0.1, 0.15) is 69.7 Å². The fourth-order valence-electron chi connectivity index (χ4n) is 7.00. The van der Waals surface area contributed by atoms with Gasteiger partial charge in [-0.15, -0.1) is 0 Å². The lowest BCUT2D eigenvalue weighted by Crippen LogP contribution is -2.56. The summed E-state index contributed by atoms with van der Waals surface area (Å²) in [5, 5.41) is 0.289. The SMILES string of the molecule is CCOc1cc(OCC)cc(-n2cc(C(=O)N(CC)c3cc(F)cc(F)c3)c(=O)c3ccc(OCCCCCCCC[N+]4(C)CCN(C)CC4)cc32)c1. The third-order valence-electron chi connectivity index (χ3n) is 10.1. The van der Waals surface area contributed by atoms with Gasteiger partial charge in [-0.1, -0.05) is 19.3 Å². The van der Waals surface area contributed by atoms with Crippen LogP contribution in [0.3, 0.4) is 0 Å². The first-order valence-corrected chi connectivity index (χ1v) is 19.1. The largest absolute Gasteiger partial charge is 0.494 e. The van der Waals surface area contributed by atoms with Gasteiger partial charge in [0.1, 0.15) is 34.4 Å². The normalized spacial score (nSPS) is 14.3. The number of hydrogen-bond donors (Lipinski definition) is 0. The molecular weight excluding hydrogens is 678 g/mol. The highest BCUT2D eigenvalue weighted by Gasteiger charge is 2.26. The van der Waals surface area contributed by atoms with Crippen molar-refractivity contribution in [2.45, 2.75) is 59.3 Å². The lowest BCUT2D eigenvalue weighted by atomic mass is 10.1. The van der Waals surface area contributed by atoms with Gasteiger partial charge in [-0.25, -0.2) is 8.78 Å². The summed E-state index contributed by atoms with van der Waals surface area (Å²) in [7, 11) is 4.60. The third-order valence-corrected chi connectivity index (χ3v) is 10.1. The zero-order valence-electron chi connectivity index (χ0n) is 32.0. The number of likely N-dealkylation sites (N-methyl/N-ethyl adjacent to an activating group) is 2. The average Bonchev–Trinajstić information content (AvgIpc) is 3.12. The number of ether oxygens (including phenoxy) is 3. The van der Waals surface area contributed by atoms with Gasteiger partial charge in [0.15, 0.2) is 0 Å². The fraction of sp³-hybridized carbons (Fsp3) is 0.476. The molecule has 286 valence electrons. The van der Waals surface area contributed by atoms with E-state index in [1.54, 1.807) is 35.8 Å². The number of pyridine rings is 1. The van der Waals surface area contributed by atoms with Crippen molar-refractivity contribution in [1.82, 2.24) is 9.47 Å². The maximum Gasteiger partial charge on any atom is 0.263 e. The number of rotatable bonds is 18. The number of quaternary nitrogens is 1. The molecule has 0 radical (unpaired) electrons. The van der Waals surface area contributed by atoms with Crippen LogP contribution in [0.2, 0.25) is 0 Å². The Morgan fingerprint density at radius 1 is 0.792 bits per heavy atom. The molecule has 0 unspecified atom stereocenters. The summed E-state index contributed by atoms with van der Waals surface area (Å²) >= 11 is 0. The maximum atomic E-state index is 14.2. The van der Waals surface area contributed by atoms with E-state index in [4.69, 9.17) is 14.2 Å². The molecule has 1 aliphatic rings. The number of carbonyl (C=O) groups excluding carboxylic acids is 1. The molecule has 11 heteroatoms. The van der Waals surface area contributed by atoms with E-state index in [0.29, 0.717) is 48.3 Å². The molecule has 0 N–H and O–H groups in total. The first kappa shape index (κ1) is 39.7. The second-order valence-corrected chi connectivity index (χ2v) is 14.2. The number of carbonyl (C=O) groups is 1. The summed E-state index contributed by atoms with van der Waals surface area (Å²) in [6.45, 7) is 13.0. The van der Waals surface area contributed by atoms with Crippen LogP contribution < -0.4 is 24.5 Å². The lowest BCUT2D eigenvalue weighted by molar-refractivity contribution is -0.913. The molecule has 4 aromatic rings. The molecule has 1 fully saturated rings. The second-order valence-electron chi connectivity index (χ2n) is 14.2. The van der Waals surface area contributed by atoms with E-state index in [9.17, 15) is 18.4 Å². The highest BCUT2D eigenvalue weighted by atomic mass is 19.1. The molecule has 1 amide bonds. The average molecular weight is 734 g/mol. The smallest absolute Gasteiger partial charge is 0.263 e. The molecule has 0 saturated carbocycles. The molecule has 0 atom stereocenters. The molecule has 53 heavy (non-hydrogen) atoms. The van der Waals surface area contributed by atoms with E-state index in [1.165, 1.54) is 74.0 Å². The van der Waals surface area contributed by atoms with Crippen LogP contribution in [-0.2, 0) is 0 Å².